The third kappa shape index (κ3) is 2.47. The van der Waals surface area contributed by atoms with E-state index in [1.54, 1.807) is 0 Å². The van der Waals surface area contributed by atoms with E-state index in [1.165, 1.54) is 12.8 Å². The maximum atomic E-state index is 9.38. The van der Waals surface area contributed by atoms with Crippen LogP contribution in [-0.4, -0.2) is 35.7 Å². The molecule has 1 N–H and O–H groups in total. The smallest absolute Gasteiger partial charge is 0.0685 e. The third-order valence-electron chi connectivity index (χ3n) is 2.54. The van der Waals surface area contributed by atoms with E-state index in [1.807, 2.05) is 6.07 Å². The van der Waals surface area contributed by atoms with Crippen molar-refractivity contribution in [2.24, 2.45) is 0 Å². The highest BCUT2D eigenvalue weighted by atomic mass is 16.3. The summed E-state index contributed by atoms with van der Waals surface area (Å²) in [6.45, 7) is 1.13. The topological polar surface area (TPSA) is 47.3 Å². The number of likely N-dealkylation sites (tertiary alicyclic amines) is 1. The van der Waals surface area contributed by atoms with Crippen LogP contribution in [0, 0.1) is 11.3 Å². The number of aliphatic hydroxyl groups excluding tert-OH is 1. The molecule has 0 saturated carbocycles. The van der Waals surface area contributed by atoms with Crippen LogP contribution in [0.5, 0.6) is 0 Å². The normalized spacial score (nSPS) is 26.9. The van der Waals surface area contributed by atoms with Crippen LogP contribution in [0.3, 0.4) is 0 Å². The minimum atomic E-state index is -0.430. The highest BCUT2D eigenvalue weighted by molar-refractivity contribution is 4.83. The molecule has 68 valence electrons. The SMILES string of the molecule is CN1CCCC1CC(O)CC#N. The van der Waals surface area contributed by atoms with Crippen molar-refractivity contribution in [1.29, 1.82) is 5.26 Å². The molecule has 2 unspecified atom stereocenters. The lowest BCUT2D eigenvalue weighted by molar-refractivity contribution is 0.132. The van der Waals surface area contributed by atoms with Gasteiger partial charge in [-0.05, 0) is 32.9 Å². The predicted molar refractivity (Wildman–Crippen MR) is 46.5 cm³/mol. The number of hydrogen-bond donors (Lipinski definition) is 1. The van der Waals surface area contributed by atoms with Gasteiger partial charge >= 0.3 is 0 Å². The van der Waals surface area contributed by atoms with Crippen LogP contribution in [0.25, 0.3) is 0 Å². The molecule has 1 heterocycles. The van der Waals surface area contributed by atoms with E-state index in [-0.39, 0.29) is 6.42 Å². The Bertz CT molecular complexity index is 176. The lowest BCUT2D eigenvalue weighted by Crippen LogP contribution is -2.28. The average Bonchev–Trinajstić information content (AvgIpc) is 2.37. The summed E-state index contributed by atoms with van der Waals surface area (Å²) in [7, 11) is 2.08. The molecule has 2 atom stereocenters. The number of aliphatic hydroxyl groups is 1. The molecule has 3 heteroatoms. The summed E-state index contributed by atoms with van der Waals surface area (Å²) in [6, 6.07) is 2.48. The molecule has 0 spiro atoms. The minimum Gasteiger partial charge on any atom is -0.392 e. The zero-order valence-electron chi connectivity index (χ0n) is 7.53. The Balaban J connectivity index is 2.26. The van der Waals surface area contributed by atoms with Gasteiger partial charge in [-0.15, -0.1) is 0 Å². The Morgan fingerprint density at radius 1 is 1.75 bits per heavy atom. The van der Waals surface area contributed by atoms with Crippen molar-refractivity contribution in [3.05, 3.63) is 0 Å². The standard InChI is InChI=1S/C9H16N2O/c1-11-6-2-3-8(11)7-9(12)4-5-10/h8-9,12H,2-4,6-7H2,1H3. The summed E-state index contributed by atoms with van der Waals surface area (Å²) in [5.41, 5.74) is 0. The molecule has 0 radical (unpaired) electrons. The molecule has 12 heavy (non-hydrogen) atoms. The molecule has 0 aromatic carbocycles. The van der Waals surface area contributed by atoms with Gasteiger partial charge in [0.25, 0.3) is 0 Å². The fourth-order valence-corrected chi connectivity index (χ4v) is 1.78. The summed E-state index contributed by atoms with van der Waals surface area (Å²) < 4.78 is 0. The van der Waals surface area contributed by atoms with Gasteiger partial charge in [0.2, 0.25) is 0 Å². The lowest BCUT2D eigenvalue weighted by atomic mass is 10.1. The zero-order chi connectivity index (χ0) is 8.97. The van der Waals surface area contributed by atoms with Gasteiger partial charge < -0.3 is 10.0 Å². The fourth-order valence-electron chi connectivity index (χ4n) is 1.78. The molecule has 0 bridgehead atoms. The second-order valence-electron chi connectivity index (χ2n) is 3.53. The summed E-state index contributed by atoms with van der Waals surface area (Å²) in [5, 5.41) is 17.7. The van der Waals surface area contributed by atoms with Gasteiger partial charge in [0, 0.05) is 6.04 Å². The van der Waals surface area contributed by atoms with Gasteiger partial charge in [-0.1, -0.05) is 0 Å². The van der Waals surface area contributed by atoms with E-state index in [0.717, 1.165) is 13.0 Å². The Kier molecular flexibility index (Phi) is 3.51. The van der Waals surface area contributed by atoms with Gasteiger partial charge in [-0.25, -0.2) is 0 Å². The molecule has 1 aliphatic heterocycles. The average molecular weight is 168 g/mol. The molecule has 1 aliphatic rings. The van der Waals surface area contributed by atoms with Crippen molar-refractivity contribution in [3.63, 3.8) is 0 Å². The first-order valence-corrected chi connectivity index (χ1v) is 4.49. The molecule has 0 amide bonds. The second kappa shape index (κ2) is 4.44. The van der Waals surface area contributed by atoms with E-state index in [4.69, 9.17) is 5.26 Å². The van der Waals surface area contributed by atoms with Crippen LogP contribution in [0.2, 0.25) is 0 Å². The van der Waals surface area contributed by atoms with Crippen LogP contribution in [0.15, 0.2) is 0 Å². The fraction of sp³-hybridized carbons (Fsp3) is 0.889. The van der Waals surface area contributed by atoms with E-state index in [2.05, 4.69) is 11.9 Å². The molecule has 0 aromatic heterocycles. The van der Waals surface area contributed by atoms with Crippen LogP contribution in [0.1, 0.15) is 25.7 Å². The van der Waals surface area contributed by atoms with Gasteiger partial charge in [0.1, 0.15) is 0 Å². The van der Waals surface area contributed by atoms with Crippen LogP contribution in [-0.2, 0) is 0 Å². The van der Waals surface area contributed by atoms with Gasteiger partial charge in [-0.3, -0.25) is 0 Å². The number of rotatable bonds is 3. The quantitative estimate of drug-likeness (QED) is 0.676. The monoisotopic (exact) mass is 168 g/mol. The van der Waals surface area contributed by atoms with E-state index >= 15 is 0 Å². The summed E-state index contributed by atoms with van der Waals surface area (Å²) >= 11 is 0. The first kappa shape index (κ1) is 9.50. The molecular formula is C9H16N2O. The van der Waals surface area contributed by atoms with Crippen LogP contribution in [0.4, 0.5) is 0 Å². The molecule has 0 aromatic rings. The Morgan fingerprint density at radius 3 is 3.00 bits per heavy atom. The van der Waals surface area contributed by atoms with Gasteiger partial charge in [0.15, 0.2) is 0 Å². The van der Waals surface area contributed by atoms with Crippen molar-refractivity contribution in [3.8, 4) is 6.07 Å². The first-order chi connectivity index (χ1) is 5.74. The van der Waals surface area contributed by atoms with Crippen molar-refractivity contribution < 1.29 is 5.11 Å². The summed E-state index contributed by atoms with van der Waals surface area (Å²) in [4.78, 5) is 2.26. The third-order valence-corrected chi connectivity index (χ3v) is 2.54. The molecular weight excluding hydrogens is 152 g/mol. The maximum absolute atomic E-state index is 9.38. The Labute approximate surface area is 73.6 Å². The predicted octanol–water partition coefficient (Wildman–Crippen LogP) is 0.745. The molecule has 0 aliphatic carbocycles. The minimum absolute atomic E-state index is 0.268. The van der Waals surface area contributed by atoms with Gasteiger partial charge in [0.05, 0.1) is 18.6 Å². The molecule has 1 fully saturated rings. The first-order valence-electron chi connectivity index (χ1n) is 4.49. The maximum Gasteiger partial charge on any atom is 0.0685 e. The van der Waals surface area contributed by atoms with Crippen LogP contribution >= 0.6 is 0 Å². The molecule has 3 nitrogen and oxygen atoms in total. The van der Waals surface area contributed by atoms with Crippen molar-refractivity contribution in [2.45, 2.75) is 37.8 Å². The van der Waals surface area contributed by atoms with Crippen LogP contribution < -0.4 is 0 Å². The van der Waals surface area contributed by atoms with E-state index in [9.17, 15) is 5.11 Å². The van der Waals surface area contributed by atoms with Crippen molar-refractivity contribution in [2.75, 3.05) is 13.6 Å². The van der Waals surface area contributed by atoms with Crippen molar-refractivity contribution in [1.82, 2.24) is 4.90 Å². The largest absolute Gasteiger partial charge is 0.392 e. The highest BCUT2D eigenvalue weighted by Crippen LogP contribution is 2.19. The summed E-state index contributed by atoms with van der Waals surface area (Å²) in [5.74, 6) is 0. The number of nitrogens with zero attached hydrogens (tertiary/aromatic N) is 2. The number of nitriles is 1. The zero-order valence-corrected chi connectivity index (χ0v) is 7.53. The highest BCUT2D eigenvalue weighted by Gasteiger charge is 2.23. The summed E-state index contributed by atoms with van der Waals surface area (Å²) in [6.07, 6.45) is 2.98. The lowest BCUT2D eigenvalue weighted by Gasteiger charge is -2.20. The molecule has 1 rings (SSSR count). The second-order valence-corrected chi connectivity index (χ2v) is 3.53. The van der Waals surface area contributed by atoms with Gasteiger partial charge in [-0.2, -0.15) is 5.26 Å². The van der Waals surface area contributed by atoms with E-state index in [0.29, 0.717) is 6.04 Å². The Morgan fingerprint density at radius 2 is 2.50 bits per heavy atom. The van der Waals surface area contributed by atoms with Crippen molar-refractivity contribution >= 4 is 0 Å². The molecule has 1 saturated heterocycles. The van der Waals surface area contributed by atoms with E-state index < -0.39 is 6.10 Å². The Hall–Kier alpha value is -0.590. The number of hydrogen-bond acceptors (Lipinski definition) is 3.